The molecule has 0 fully saturated rings. The van der Waals surface area contributed by atoms with Crippen LogP contribution in [0.15, 0.2) is 18.3 Å². The molecule has 0 bridgehead atoms. The fourth-order valence-electron chi connectivity index (χ4n) is 2.19. The number of aromatic nitrogens is 1. The van der Waals surface area contributed by atoms with Gasteiger partial charge in [-0.05, 0) is 43.5 Å². The van der Waals surface area contributed by atoms with Crippen LogP contribution in [0.2, 0.25) is 0 Å². The van der Waals surface area contributed by atoms with Gasteiger partial charge in [0.2, 0.25) is 0 Å². The van der Waals surface area contributed by atoms with Crippen molar-refractivity contribution in [1.82, 2.24) is 10.3 Å². The van der Waals surface area contributed by atoms with Crippen molar-refractivity contribution in [2.24, 2.45) is 0 Å². The molecule has 1 heterocycles. The molecule has 3 nitrogen and oxygen atoms in total. The van der Waals surface area contributed by atoms with Crippen molar-refractivity contribution in [1.29, 1.82) is 0 Å². The lowest BCUT2D eigenvalue weighted by molar-refractivity contribution is 0.663. The van der Waals surface area contributed by atoms with Crippen LogP contribution in [-0.2, 0) is 6.54 Å². The molecule has 1 aromatic rings. The summed E-state index contributed by atoms with van der Waals surface area (Å²) in [6.07, 6.45) is 8.08. The Morgan fingerprint density at radius 1 is 1.05 bits per heavy atom. The number of nitrogens with one attached hydrogen (secondary N) is 1. The maximum Gasteiger partial charge on any atom is 0.128 e. The molecule has 1 N–H and O–H groups in total. The topological polar surface area (TPSA) is 28.2 Å². The Morgan fingerprint density at radius 2 is 1.75 bits per heavy atom. The highest BCUT2D eigenvalue weighted by Crippen LogP contribution is 2.14. The Bertz CT molecular complexity index is 344. The van der Waals surface area contributed by atoms with E-state index in [1.807, 2.05) is 6.20 Å². The van der Waals surface area contributed by atoms with Crippen molar-refractivity contribution in [2.75, 3.05) is 24.5 Å². The zero-order chi connectivity index (χ0) is 14.6. The van der Waals surface area contributed by atoms with Gasteiger partial charge in [0.1, 0.15) is 5.82 Å². The van der Waals surface area contributed by atoms with Crippen LogP contribution in [0.3, 0.4) is 0 Å². The van der Waals surface area contributed by atoms with E-state index in [4.69, 9.17) is 0 Å². The zero-order valence-corrected chi connectivity index (χ0v) is 13.5. The molecule has 0 atom stereocenters. The van der Waals surface area contributed by atoms with Gasteiger partial charge in [-0.3, -0.25) is 0 Å². The summed E-state index contributed by atoms with van der Waals surface area (Å²) in [6, 6.07) is 4.36. The van der Waals surface area contributed by atoms with Gasteiger partial charge in [0.15, 0.2) is 0 Å². The molecule has 1 rings (SSSR count). The fourth-order valence-corrected chi connectivity index (χ4v) is 2.19. The number of pyridine rings is 1. The zero-order valence-electron chi connectivity index (χ0n) is 13.5. The van der Waals surface area contributed by atoms with Crippen molar-refractivity contribution in [2.45, 2.75) is 59.4 Å². The molecule has 0 aliphatic heterocycles. The van der Waals surface area contributed by atoms with Gasteiger partial charge < -0.3 is 10.2 Å². The molecule has 0 aromatic carbocycles. The van der Waals surface area contributed by atoms with Gasteiger partial charge in [-0.25, -0.2) is 4.98 Å². The van der Waals surface area contributed by atoms with Crippen molar-refractivity contribution in [3.8, 4) is 0 Å². The number of hydrogen-bond acceptors (Lipinski definition) is 3. The first kappa shape index (κ1) is 17.0. The minimum atomic E-state index is 0.943. The molecular formula is C17H31N3. The highest BCUT2D eigenvalue weighted by atomic mass is 15.2. The Hall–Kier alpha value is -1.09. The summed E-state index contributed by atoms with van der Waals surface area (Å²) in [5.41, 5.74) is 1.33. The van der Waals surface area contributed by atoms with Crippen LogP contribution >= 0.6 is 0 Å². The van der Waals surface area contributed by atoms with Crippen LogP contribution in [0.4, 0.5) is 5.82 Å². The molecule has 0 radical (unpaired) electrons. The molecule has 0 saturated heterocycles. The van der Waals surface area contributed by atoms with Gasteiger partial charge in [-0.2, -0.15) is 0 Å². The molecule has 0 unspecified atom stereocenters. The van der Waals surface area contributed by atoms with E-state index in [0.717, 1.165) is 32.0 Å². The predicted molar refractivity (Wildman–Crippen MR) is 88.3 cm³/mol. The molecule has 0 amide bonds. The summed E-state index contributed by atoms with van der Waals surface area (Å²) in [5, 5.41) is 3.46. The molecule has 1 aromatic heterocycles. The summed E-state index contributed by atoms with van der Waals surface area (Å²) in [5.74, 6) is 1.14. The third kappa shape index (κ3) is 6.38. The van der Waals surface area contributed by atoms with Crippen LogP contribution < -0.4 is 10.2 Å². The second-order valence-electron chi connectivity index (χ2n) is 5.39. The van der Waals surface area contributed by atoms with E-state index in [0.29, 0.717) is 0 Å². The first-order chi connectivity index (χ1) is 9.81. The van der Waals surface area contributed by atoms with Crippen molar-refractivity contribution in [3.63, 3.8) is 0 Å². The van der Waals surface area contributed by atoms with E-state index in [-0.39, 0.29) is 0 Å². The van der Waals surface area contributed by atoms with Gasteiger partial charge in [0, 0.05) is 25.8 Å². The van der Waals surface area contributed by atoms with E-state index in [9.17, 15) is 0 Å². The van der Waals surface area contributed by atoms with Gasteiger partial charge in [-0.15, -0.1) is 0 Å². The molecule has 3 heteroatoms. The second kappa shape index (κ2) is 10.7. The average Bonchev–Trinajstić information content (AvgIpc) is 2.48. The van der Waals surface area contributed by atoms with Gasteiger partial charge in [-0.1, -0.05) is 33.6 Å². The minimum absolute atomic E-state index is 0.943. The number of unbranched alkanes of at least 4 members (excludes halogenated alkanes) is 2. The number of rotatable bonds is 11. The van der Waals surface area contributed by atoms with Crippen LogP contribution in [0.25, 0.3) is 0 Å². The van der Waals surface area contributed by atoms with E-state index in [1.54, 1.807) is 0 Å². The van der Waals surface area contributed by atoms with E-state index in [2.05, 4.69) is 48.1 Å². The smallest absolute Gasteiger partial charge is 0.128 e. The SMILES string of the molecule is CCCCN(CCCC)c1cc(CNCCC)ccn1. The average molecular weight is 277 g/mol. The lowest BCUT2D eigenvalue weighted by Crippen LogP contribution is -2.26. The van der Waals surface area contributed by atoms with Crippen molar-refractivity contribution >= 4 is 5.82 Å². The van der Waals surface area contributed by atoms with Crippen molar-refractivity contribution in [3.05, 3.63) is 23.9 Å². The van der Waals surface area contributed by atoms with E-state index < -0.39 is 0 Å². The van der Waals surface area contributed by atoms with Gasteiger partial charge >= 0.3 is 0 Å². The second-order valence-corrected chi connectivity index (χ2v) is 5.39. The van der Waals surface area contributed by atoms with Gasteiger partial charge in [0.05, 0.1) is 0 Å². The van der Waals surface area contributed by atoms with Gasteiger partial charge in [0.25, 0.3) is 0 Å². The van der Waals surface area contributed by atoms with Crippen LogP contribution in [0, 0.1) is 0 Å². The lowest BCUT2D eigenvalue weighted by Gasteiger charge is -2.24. The molecule has 0 aliphatic carbocycles. The van der Waals surface area contributed by atoms with Crippen LogP contribution in [-0.4, -0.2) is 24.6 Å². The molecule has 114 valence electrons. The Kier molecular flexibility index (Phi) is 9.05. The summed E-state index contributed by atoms with van der Waals surface area (Å²) in [4.78, 5) is 7.01. The molecule has 20 heavy (non-hydrogen) atoms. The number of nitrogens with zero attached hydrogens (tertiary/aromatic N) is 2. The predicted octanol–water partition coefficient (Wildman–Crippen LogP) is 3.99. The minimum Gasteiger partial charge on any atom is -0.357 e. The standard InChI is InChI=1S/C17H31N3/c1-4-7-12-20(13-8-5-2)17-14-16(9-11-19-17)15-18-10-6-3/h9,11,14,18H,4-8,10,12-13,15H2,1-3H3. The van der Waals surface area contributed by atoms with Crippen LogP contribution in [0.1, 0.15) is 58.4 Å². The fraction of sp³-hybridized carbons (Fsp3) is 0.706. The summed E-state index contributed by atoms with van der Waals surface area (Å²) >= 11 is 0. The molecular weight excluding hydrogens is 246 g/mol. The Balaban J connectivity index is 2.65. The summed E-state index contributed by atoms with van der Waals surface area (Å²) in [6.45, 7) is 11.0. The molecule has 0 saturated carbocycles. The number of hydrogen-bond donors (Lipinski definition) is 1. The maximum atomic E-state index is 4.57. The quantitative estimate of drug-likeness (QED) is 0.620. The summed E-state index contributed by atoms with van der Waals surface area (Å²) < 4.78 is 0. The third-order valence-corrected chi connectivity index (χ3v) is 3.45. The third-order valence-electron chi connectivity index (χ3n) is 3.45. The Morgan fingerprint density at radius 3 is 2.35 bits per heavy atom. The molecule has 0 spiro atoms. The van der Waals surface area contributed by atoms with Crippen LogP contribution in [0.5, 0.6) is 0 Å². The normalized spacial score (nSPS) is 10.8. The summed E-state index contributed by atoms with van der Waals surface area (Å²) in [7, 11) is 0. The van der Waals surface area contributed by atoms with E-state index >= 15 is 0 Å². The van der Waals surface area contributed by atoms with Crippen molar-refractivity contribution < 1.29 is 0 Å². The first-order valence-corrected chi connectivity index (χ1v) is 8.22. The lowest BCUT2D eigenvalue weighted by atomic mass is 10.2. The molecule has 0 aliphatic rings. The monoisotopic (exact) mass is 277 g/mol. The number of anilines is 1. The largest absolute Gasteiger partial charge is 0.357 e. The highest BCUT2D eigenvalue weighted by molar-refractivity contribution is 5.40. The highest BCUT2D eigenvalue weighted by Gasteiger charge is 2.07. The maximum absolute atomic E-state index is 4.57. The first-order valence-electron chi connectivity index (χ1n) is 8.22. The Labute approximate surface area is 124 Å². The van der Waals surface area contributed by atoms with E-state index in [1.165, 1.54) is 37.7 Å².